The van der Waals surface area contributed by atoms with Crippen molar-refractivity contribution in [1.29, 1.82) is 0 Å². The van der Waals surface area contributed by atoms with E-state index in [0.717, 1.165) is 0 Å². The molecule has 0 aliphatic carbocycles. The molecule has 0 radical (unpaired) electrons. The summed E-state index contributed by atoms with van der Waals surface area (Å²) in [5.74, 6) is 0. The molecule has 0 heterocycles. The maximum Gasteiger partial charge on any atom is 2.00 e. The molecule has 0 unspecified atom stereocenters. The molecule has 0 spiro atoms. The third-order valence-electron chi connectivity index (χ3n) is 2.68. The minimum Gasteiger partial charge on any atom is -0.325 e. The van der Waals surface area contributed by atoms with E-state index in [4.69, 9.17) is 0 Å². The molecule has 0 fully saturated rings. The molecule has 1 nitrogen and oxygen atoms in total. The number of hydrogen-bond donors (Lipinski definition) is 0. The second-order valence-corrected chi connectivity index (χ2v) is 2.61. The van der Waals surface area contributed by atoms with Crippen LogP contribution in [0.5, 0.6) is 0 Å². The van der Waals surface area contributed by atoms with Gasteiger partial charge in [0, 0.05) is 0 Å². The number of nitrogens with zero attached hydrogens (tertiary/aromatic N) is 1. The van der Waals surface area contributed by atoms with Gasteiger partial charge in [-0.25, -0.2) is 0 Å². The van der Waals surface area contributed by atoms with Crippen molar-refractivity contribution < 1.29 is 21.0 Å². The summed E-state index contributed by atoms with van der Waals surface area (Å²) in [7, 11) is 0. The van der Waals surface area contributed by atoms with Gasteiger partial charge in [-0.2, -0.15) is 0 Å². The van der Waals surface area contributed by atoms with E-state index in [9.17, 15) is 0 Å². The zero-order chi connectivity index (χ0) is 7.33. The van der Waals surface area contributed by atoms with Crippen LogP contribution >= 0.6 is 0 Å². The molecule has 64 valence electrons. The number of rotatable bonds is 4. The number of hydrogen-bond acceptors (Lipinski definition) is 0. The molecule has 0 rings (SSSR count). The van der Waals surface area contributed by atoms with E-state index >= 15 is 0 Å². The van der Waals surface area contributed by atoms with Crippen LogP contribution in [0.2, 0.25) is 0 Å². The Hall–Kier alpha value is 0.454. The molecule has 0 saturated carbocycles. The van der Waals surface area contributed by atoms with Crippen molar-refractivity contribution in [2.45, 2.75) is 27.7 Å². The van der Waals surface area contributed by atoms with E-state index in [1.807, 2.05) is 0 Å². The fourth-order valence-electron chi connectivity index (χ4n) is 1.34. The van der Waals surface area contributed by atoms with Crippen molar-refractivity contribution >= 4 is 0 Å². The molecule has 0 N–H and O–H groups in total. The normalized spacial score (nSPS) is 10.8. The average Bonchev–Trinajstić information content (AvgIpc) is 1.95. The molecule has 0 amide bonds. The fraction of sp³-hybridized carbons (Fsp3) is 1.00. The smallest absolute Gasteiger partial charge is 0.325 e. The Kier molecular flexibility index (Phi) is 8.08. The predicted octanol–water partition coefficient (Wildman–Crippen LogP) is 1.88. The van der Waals surface area contributed by atoms with Gasteiger partial charge in [0.1, 0.15) is 0 Å². The summed E-state index contributed by atoms with van der Waals surface area (Å²) >= 11 is 0. The van der Waals surface area contributed by atoms with E-state index in [-0.39, 0.29) is 16.5 Å². The van der Waals surface area contributed by atoms with E-state index in [2.05, 4.69) is 27.7 Å². The van der Waals surface area contributed by atoms with Crippen LogP contribution in [0, 0.1) is 0 Å². The summed E-state index contributed by atoms with van der Waals surface area (Å²) in [5, 5.41) is 0. The standard InChI is InChI=1S/C8H20N.Ni/c1-5-9(6-2,7-3)8-4;/h5-8H2,1-4H3;/q+1;+2. The zero-order valence-corrected chi connectivity index (χ0v) is 8.58. The molecule has 0 aromatic rings. The number of quaternary nitrogens is 1. The molecule has 0 aliphatic rings. The van der Waals surface area contributed by atoms with Crippen LogP contribution in [0.25, 0.3) is 0 Å². The quantitative estimate of drug-likeness (QED) is 0.467. The Bertz CT molecular complexity index is 52.1. The van der Waals surface area contributed by atoms with Gasteiger partial charge in [0.05, 0.1) is 26.2 Å². The second kappa shape index (κ2) is 6.18. The molecular weight excluding hydrogens is 169 g/mol. The van der Waals surface area contributed by atoms with Gasteiger partial charge < -0.3 is 4.48 Å². The molecule has 0 aromatic heterocycles. The SMILES string of the molecule is CC[N+](CC)(CC)CC.[Ni+2]. The van der Waals surface area contributed by atoms with Crippen LogP contribution < -0.4 is 0 Å². The molecule has 0 aromatic carbocycles. The first kappa shape index (κ1) is 13.1. The van der Waals surface area contributed by atoms with Gasteiger partial charge in [-0.05, 0) is 27.7 Å². The summed E-state index contributed by atoms with van der Waals surface area (Å²) in [6.07, 6.45) is 0. The molecule has 0 aliphatic heterocycles. The van der Waals surface area contributed by atoms with Crippen LogP contribution in [-0.4, -0.2) is 30.7 Å². The maximum absolute atomic E-state index is 2.27. The molecule has 10 heavy (non-hydrogen) atoms. The first-order chi connectivity index (χ1) is 4.24. The zero-order valence-electron chi connectivity index (χ0n) is 7.59. The Morgan fingerprint density at radius 2 is 0.900 bits per heavy atom. The molecule has 2 heteroatoms. The van der Waals surface area contributed by atoms with Crippen LogP contribution in [-0.2, 0) is 16.5 Å². The van der Waals surface area contributed by atoms with Gasteiger partial charge in [-0.15, -0.1) is 0 Å². The van der Waals surface area contributed by atoms with E-state index in [1.54, 1.807) is 0 Å². The Morgan fingerprint density at radius 1 is 0.700 bits per heavy atom. The van der Waals surface area contributed by atoms with Gasteiger partial charge >= 0.3 is 16.5 Å². The van der Waals surface area contributed by atoms with E-state index in [0.29, 0.717) is 0 Å². The topological polar surface area (TPSA) is 0 Å². The Labute approximate surface area is 75.3 Å². The van der Waals surface area contributed by atoms with Crippen LogP contribution in [0.1, 0.15) is 27.7 Å². The predicted molar refractivity (Wildman–Crippen MR) is 42.4 cm³/mol. The summed E-state index contributed by atoms with van der Waals surface area (Å²) in [5.41, 5.74) is 0. The van der Waals surface area contributed by atoms with Crippen LogP contribution in [0.15, 0.2) is 0 Å². The monoisotopic (exact) mass is 188 g/mol. The van der Waals surface area contributed by atoms with Crippen molar-refractivity contribution in [3.8, 4) is 0 Å². The van der Waals surface area contributed by atoms with Crippen LogP contribution in [0.3, 0.4) is 0 Å². The molecule has 0 atom stereocenters. The summed E-state index contributed by atoms with van der Waals surface area (Å²) in [4.78, 5) is 0. The molecule has 0 saturated heterocycles. The van der Waals surface area contributed by atoms with Gasteiger partial charge in [0.15, 0.2) is 0 Å². The van der Waals surface area contributed by atoms with Gasteiger partial charge in [-0.1, -0.05) is 0 Å². The van der Waals surface area contributed by atoms with Gasteiger partial charge in [-0.3, -0.25) is 0 Å². The summed E-state index contributed by atoms with van der Waals surface area (Å²) < 4.78 is 1.28. The van der Waals surface area contributed by atoms with E-state index < -0.39 is 0 Å². The van der Waals surface area contributed by atoms with Gasteiger partial charge in [0.2, 0.25) is 0 Å². The van der Waals surface area contributed by atoms with Crippen molar-refractivity contribution in [1.82, 2.24) is 0 Å². The summed E-state index contributed by atoms with van der Waals surface area (Å²) in [6.45, 7) is 14.2. The molecule has 0 bridgehead atoms. The Balaban J connectivity index is 0. The second-order valence-electron chi connectivity index (χ2n) is 2.61. The van der Waals surface area contributed by atoms with Crippen molar-refractivity contribution in [3.05, 3.63) is 0 Å². The largest absolute Gasteiger partial charge is 2.00 e. The molecular formula is C8H20NNi+3. The first-order valence-electron chi connectivity index (χ1n) is 4.09. The van der Waals surface area contributed by atoms with Crippen molar-refractivity contribution in [3.63, 3.8) is 0 Å². The van der Waals surface area contributed by atoms with Crippen LogP contribution in [0.4, 0.5) is 0 Å². The van der Waals surface area contributed by atoms with Gasteiger partial charge in [0.25, 0.3) is 0 Å². The Morgan fingerprint density at radius 3 is 0.900 bits per heavy atom. The minimum absolute atomic E-state index is 0. The third kappa shape index (κ3) is 3.03. The van der Waals surface area contributed by atoms with E-state index in [1.165, 1.54) is 30.7 Å². The first-order valence-corrected chi connectivity index (χ1v) is 4.09. The minimum atomic E-state index is 0. The maximum atomic E-state index is 2.27. The third-order valence-corrected chi connectivity index (χ3v) is 2.68. The average molecular weight is 189 g/mol. The fourth-order valence-corrected chi connectivity index (χ4v) is 1.34. The van der Waals surface area contributed by atoms with Crippen molar-refractivity contribution in [2.75, 3.05) is 26.2 Å². The van der Waals surface area contributed by atoms with Crippen molar-refractivity contribution in [2.24, 2.45) is 0 Å². The summed E-state index contributed by atoms with van der Waals surface area (Å²) in [6, 6.07) is 0.